The molecule has 2 aromatic heterocycles. The van der Waals surface area contributed by atoms with E-state index < -0.39 is 11.9 Å². The van der Waals surface area contributed by atoms with Gasteiger partial charge >= 0.3 is 5.97 Å². The van der Waals surface area contributed by atoms with Crippen LogP contribution in [0.5, 0.6) is 0 Å². The smallest absolute Gasteiger partial charge is 0.337 e. The topological polar surface area (TPSA) is 88.3 Å². The number of hydrogen-bond donors (Lipinski definition) is 1. The molecule has 0 saturated heterocycles. The fourth-order valence-electron chi connectivity index (χ4n) is 2.54. The van der Waals surface area contributed by atoms with Crippen molar-refractivity contribution >= 4 is 89.4 Å². The highest BCUT2D eigenvalue weighted by molar-refractivity contribution is 9.11. The van der Waals surface area contributed by atoms with Gasteiger partial charge in [0.1, 0.15) is 10.3 Å². The van der Waals surface area contributed by atoms with E-state index >= 15 is 0 Å². The van der Waals surface area contributed by atoms with Crippen LogP contribution in [0.3, 0.4) is 0 Å². The minimum Gasteiger partial charge on any atom is -0.478 e. The predicted molar refractivity (Wildman–Crippen MR) is 123 cm³/mol. The number of carbonyl (C=O) groups is 2. The van der Waals surface area contributed by atoms with Crippen molar-refractivity contribution in [3.8, 4) is 5.82 Å². The van der Waals surface area contributed by atoms with Crippen molar-refractivity contribution in [2.75, 3.05) is 11.9 Å². The molecule has 0 aliphatic rings. The lowest BCUT2D eigenvalue weighted by Gasteiger charge is -2.21. The van der Waals surface area contributed by atoms with E-state index in [1.54, 1.807) is 18.2 Å². The summed E-state index contributed by atoms with van der Waals surface area (Å²) in [4.78, 5) is 30.3. The summed E-state index contributed by atoms with van der Waals surface area (Å²) in [5.41, 5.74) is 0.316. The van der Waals surface area contributed by atoms with Gasteiger partial charge in [0.05, 0.1) is 16.3 Å². The van der Waals surface area contributed by atoms with E-state index in [2.05, 4.69) is 57.9 Å². The molecule has 3 rings (SSSR count). The molecule has 1 amide bonds. The number of anilines is 1. The molecule has 3 aromatic rings. The second kappa shape index (κ2) is 9.57. The van der Waals surface area contributed by atoms with E-state index in [9.17, 15) is 14.7 Å². The van der Waals surface area contributed by atoms with Gasteiger partial charge in [0.15, 0.2) is 5.82 Å². The number of rotatable bonds is 4. The summed E-state index contributed by atoms with van der Waals surface area (Å²) in [6.07, 6.45) is 1.53. The first-order valence-corrected chi connectivity index (χ1v) is 10.3. The van der Waals surface area contributed by atoms with Crippen LogP contribution in [-0.4, -0.2) is 38.8 Å². The average molecular weight is 630 g/mol. The number of aromatic nitrogens is 3. The third-order valence-corrected chi connectivity index (χ3v) is 5.48. The standard InChI is InChI=1S/C17H10Br3ClN4O3.ClH/c1-24(14-9(17(27)28)5-8(18)6-10(14)19)16(26)12-7-13(20)23-25(12)15-11(21)3-2-4-22-15;/h2-7H,1H3,(H,27,28);1H. The van der Waals surface area contributed by atoms with Crippen molar-refractivity contribution in [2.45, 2.75) is 0 Å². The van der Waals surface area contributed by atoms with Gasteiger partial charge in [0.2, 0.25) is 0 Å². The molecule has 0 radical (unpaired) electrons. The van der Waals surface area contributed by atoms with Crippen molar-refractivity contribution in [3.63, 3.8) is 0 Å². The van der Waals surface area contributed by atoms with Crippen LogP contribution in [0.2, 0.25) is 5.02 Å². The Labute approximate surface area is 201 Å². The maximum atomic E-state index is 13.2. The predicted octanol–water partition coefficient (Wildman–Crippen LogP) is 5.60. The Kier molecular flexibility index (Phi) is 7.86. The normalized spacial score (nSPS) is 10.4. The summed E-state index contributed by atoms with van der Waals surface area (Å²) < 4.78 is 2.71. The van der Waals surface area contributed by atoms with Crippen LogP contribution < -0.4 is 4.90 Å². The number of aromatic carboxylic acids is 1. The van der Waals surface area contributed by atoms with Crippen LogP contribution in [0.25, 0.3) is 5.82 Å². The number of halogens is 5. The molecule has 0 bridgehead atoms. The lowest BCUT2D eigenvalue weighted by molar-refractivity contribution is 0.0697. The first-order chi connectivity index (χ1) is 13.2. The van der Waals surface area contributed by atoms with Gasteiger partial charge in [-0.05, 0) is 56.1 Å². The van der Waals surface area contributed by atoms with Crippen molar-refractivity contribution < 1.29 is 14.7 Å². The van der Waals surface area contributed by atoms with Crippen molar-refractivity contribution in [1.82, 2.24) is 14.8 Å². The van der Waals surface area contributed by atoms with Gasteiger partial charge in [-0.15, -0.1) is 12.4 Å². The summed E-state index contributed by atoms with van der Waals surface area (Å²) in [6, 6.07) is 7.89. The largest absolute Gasteiger partial charge is 0.478 e. The molecule has 29 heavy (non-hydrogen) atoms. The number of nitrogens with zero attached hydrogens (tertiary/aromatic N) is 4. The molecule has 2 heterocycles. The lowest BCUT2D eigenvalue weighted by Crippen LogP contribution is -2.30. The first kappa shape index (κ1) is 23.8. The molecule has 0 aliphatic carbocycles. The molecule has 0 unspecified atom stereocenters. The maximum absolute atomic E-state index is 13.2. The van der Waals surface area contributed by atoms with E-state index in [0.717, 1.165) is 0 Å². The van der Waals surface area contributed by atoms with E-state index in [1.807, 2.05) is 0 Å². The second-order valence-corrected chi connectivity index (χ2v) is 8.52. The Hall–Kier alpha value is -1.46. The highest BCUT2D eigenvalue weighted by atomic mass is 79.9. The van der Waals surface area contributed by atoms with Crippen LogP contribution in [0.15, 0.2) is 50.1 Å². The third-order valence-electron chi connectivity index (χ3n) is 3.74. The molecule has 1 aromatic carbocycles. The minimum absolute atomic E-state index is 0. The van der Waals surface area contributed by atoms with Crippen LogP contribution in [-0.2, 0) is 0 Å². The molecule has 12 heteroatoms. The Morgan fingerprint density at radius 1 is 1.21 bits per heavy atom. The highest BCUT2D eigenvalue weighted by Crippen LogP contribution is 2.34. The van der Waals surface area contributed by atoms with Gasteiger partial charge in [-0.25, -0.2) is 14.5 Å². The number of pyridine rings is 1. The van der Waals surface area contributed by atoms with Gasteiger partial charge in [-0.3, -0.25) is 4.79 Å². The number of amides is 1. The molecule has 0 fully saturated rings. The number of benzene rings is 1. The molecule has 7 nitrogen and oxygen atoms in total. The van der Waals surface area contributed by atoms with Crippen LogP contribution in [0.4, 0.5) is 5.69 Å². The average Bonchev–Trinajstić information content (AvgIpc) is 3.01. The van der Waals surface area contributed by atoms with Crippen molar-refractivity contribution in [3.05, 3.63) is 66.4 Å². The Morgan fingerprint density at radius 2 is 1.90 bits per heavy atom. The summed E-state index contributed by atoms with van der Waals surface area (Å²) in [5, 5.41) is 14.1. The molecule has 0 saturated carbocycles. The SMILES string of the molecule is CN(C(=O)c1cc(Br)nn1-c1ncccc1Cl)c1c(Br)cc(Br)cc1C(=O)O.Cl. The second-order valence-electron chi connectivity index (χ2n) is 5.53. The molecule has 0 atom stereocenters. The quantitative estimate of drug-likeness (QED) is 0.406. The Morgan fingerprint density at radius 3 is 2.52 bits per heavy atom. The number of carboxylic acid groups (broad SMARTS) is 1. The van der Waals surface area contributed by atoms with Gasteiger partial charge in [-0.1, -0.05) is 27.5 Å². The third kappa shape index (κ3) is 4.83. The fourth-order valence-corrected chi connectivity index (χ4v) is 4.61. The molecule has 152 valence electrons. The van der Waals surface area contributed by atoms with Crippen molar-refractivity contribution in [2.24, 2.45) is 0 Å². The minimum atomic E-state index is -1.17. The molecular weight excluding hydrogens is 619 g/mol. The molecule has 0 spiro atoms. The van der Waals surface area contributed by atoms with Gasteiger partial charge in [-0.2, -0.15) is 5.10 Å². The highest BCUT2D eigenvalue weighted by Gasteiger charge is 2.27. The number of hydrogen-bond acceptors (Lipinski definition) is 4. The summed E-state index contributed by atoms with van der Waals surface area (Å²) >= 11 is 16.0. The summed E-state index contributed by atoms with van der Waals surface area (Å²) in [7, 11) is 1.48. The van der Waals surface area contributed by atoms with Crippen LogP contribution in [0, 0.1) is 0 Å². The zero-order chi connectivity index (χ0) is 20.6. The van der Waals surface area contributed by atoms with Crippen molar-refractivity contribution in [1.29, 1.82) is 0 Å². The summed E-state index contributed by atoms with van der Waals surface area (Å²) in [6.45, 7) is 0. The number of carboxylic acids is 1. The molecule has 1 N–H and O–H groups in total. The van der Waals surface area contributed by atoms with E-state index in [0.29, 0.717) is 18.6 Å². The fraction of sp³-hybridized carbons (Fsp3) is 0.0588. The Bertz CT molecular complexity index is 1110. The summed E-state index contributed by atoms with van der Waals surface area (Å²) in [5.74, 6) is -1.38. The number of carbonyl (C=O) groups excluding carboxylic acids is 1. The van der Waals surface area contributed by atoms with Crippen LogP contribution in [0.1, 0.15) is 20.8 Å². The molecule has 0 aliphatic heterocycles. The zero-order valence-corrected chi connectivity index (χ0v) is 20.8. The van der Waals surface area contributed by atoms with Crippen LogP contribution >= 0.6 is 71.8 Å². The zero-order valence-electron chi connectivity index (χ0n) is 14.4. The van der Waals surface area contributed by atoms with E-state index in [1.165, 1.54) is 35.0 Å². The van der Waals surface area contributed by atoms with Gasteiger partial charge in [0, 0.05) is 28.3 Å². The maximum Gasteiger partial charge on any atom is 0.337 e. The monoisotopic (exact) mass is 626 g/mol. The van der Waals surface area contributed by atoms with E-state index in [4.69, 9.17) is 11.6 Å². The lowest BCUT2D eigenvalue weighted by atomic mass is 10.1. The van der Waals surface area contributed by atoms with Gasteiger partial charge < -0.3 is 10.0 Å². The van der Waals surface area contributed by atoms with Gasteiger partial charge in [0.25, 0.3) is 5.91 Å². The Balaban J connectivity index is 0.00000300. The van der Waals surface area contributed by atoms with E-state index in [-0.39, 0.29) is 35.2 Å². The molecular formula is C17H11Br3Cl2N4O3. The first-order valence-electron chi connectivity index (χ1n) is 7.57.